The summed E-state index contributed by atoms with van der Waals surface area (Å²) in [6.07, 6.45) is -1.12. The van der Waals surface area contributed by atoms with Crippen LogP contribution in [0.1, 0.15) is 34.5 Å². The zero-order valence-electron chi connectivity index (χ0n) is 15.9. The molecule has 0 radical (unpaired) electrons. The molecule has 8 nitrogen and oxygen atoms in total. The predicted molar refractivity (Wildman–Crippen MR) is 110 cm³/mol. The minimum atomic E-state index is -0.835. The maximum absolute atomic E-state index is 10.7. The third-order valence-corrected chi connectivity index (χ3v) is 4.83. The Morgan fingerprint density at radius 2 is 1.03 bits per heavy atom. The molecule has 0 aliphatic carbocycles. The Labute approximate surface area is 172 Å². The van der Waals surface area contributed by atoms with Crippen LogP contribution in [0.25, 0.3) is 0 Å². The van der Waals surface area contributed by atoms with Crippen molar-refractivity contribution in [3.8, 4) is 0 Å². The zero-order valence-corrected chi connectivity index (χ0v) is 15.9. The molecule has 0 aromatic heterocycles. The number of nitrogens with zero attached hydrogens (tertiary/aromatic N) is 2. The maximum atomic E-state index is 10.7. The van der Waals surface area contributed by atoms with Crippen molar-refractivity contribution in [1.82, 2.24) is 0 Å². The molecule has 0 heterocycles. The average molecular weight is 408 g/mol. The van der Waals surface area contributed by atoms with Crippen molar-refractivity contribution in [2.24, 2.45) is 0 Å². The van der Waals surface area contributed by atoms with Crippen LogP contribution in [0, 0.1) is 20.2 Å². The van der Waals surface area contributed by atoms with Gasteiger partial charge in [0, 0.05) is 37.1 Å². The van der Waals surface area contributed by atoms with E-state index in [4.69, 9.17) is 0 Å². The summed E-state index contributed by atoms with van der Waals surface area (Å²) in [5.74, 6) is 0. The van der Waals surface area contributed by atoms with Crippen molar-refractivity contribution in [2.45, 2.75) is 25.0 Å². The molecule has 0 aliphatic heterocycles. The standard InChI is InChI=1S/C22H20N2O6/c25-21(12-15-4-8-19(9-5-15)23(27)28)17-2-1-3-18(14-17)22(26)13-16-6-10-20(11-7-16)24(29)30/h1-11,14,21-22,25-26H,12-13H2. The lowest BCUT2D eigenvalue weighted by molar-refractivity contribution is -0.385. The van der Waals surface area contributed by atoms with E-state index >= 15 is 0 Å². The maximum Gasteiger partial charge on any atom is 0.269 e. The van der Waals surface area contributed by atoms with Crippen molar-refractivity contribution in [3.05, 3.63) is 115 Å². The number of aliphatic hydroxyl groups is 2. The van der Waals surface area contributed by atoms with Crippen LogP contribution in [0.4, 0.5) is 11.4 Å². The molecule has 0 saturated carbocycles. The van der Waals surface area contributed by atoms with E-state index < -0.39 is 22.1 Å². The van der Waals surface area contributed by atoms with Crippen molar-refractivity contribution in [1.29, 1.82) is 0 Å². The summed E-state index contributed by atoms with van der Waals surface area (Å²) in [7, 11) is 0. The first-order chi connectivity index (χ1) is 14.3. The number of hydrogen-bond donors (Lipinski definition) is 2. The van der Waals surface area contributed by atoms with Gasteiger partial charge in [0.25, 0.3) is 11.4 Å². The van der Waals surface area contributed by atoms with Gasteiger partial charge in [-0.15, -0.1) is 0 Å². The van der Waals surface area contributed by atoms with E-state index in [2.05, 4.69) is 0 Å². The van der Waals surface area contributed by atoms with E-state index in [1.165, 1.54) is 24.3 Å². The highest BCUT2D eigenvalue weighted by Gasteiger charge is 2.15. The van der Waals surface area contributed by atoms with Crippen LogP contribution in [0.2, 0.25) is 0 Å². The Balaban J connectivity index is 1.68. The van der Waals surface area contributed by atoms with Gasteiger partial charge in [-0.3, -0.25) is 20.2 Å². The first kappa shape index (κ1) is 21.1. The Kier molecular flexibility index (Phi) is 6.51. The molecule has 0 saturated heterocycles. The number of benzene rings is 3. The molecule has 0 aliphatic rings. The Bertz CT molecular complexity index is 954. The SMILES string of the molecule is O=[N+]([O-])c1ccc(CC(O)c2cccc(C(O)Cc3ccc([N+](=O)[O-])cc3)c2)cc1. The summed E-state index contributed by atoms with van der Waals surface area (Å²) < 4.78 is 0. The summed E-state index contributed by atoms with van der Waals surface area (Å²) >= 11 is 0. The molecule has 0 spiro atoms. The molecule has 30 heavy (non-hydrogen) atoms. The lowest BCUT2D eigenvalue weighted by Gasteiger charge is -2.16. The minimum absolute atomic E-state index is 0.00963. The normalized spacial score (nSPS) is 12.9. The molecule has 3 rings (SSSR count). The van der Waals surface area contributed by atoms with Crippen LogP contribution in [-0.4, -0.2) is 20.1 Å². The van der Waals surface area contributed by atoms with Gasteiger partial charge in [-0.1, -0.05) is 48.5 Å². The van der Waals surface area contributed by atoms with Gasteiger partial charge in [-0.05, 0) is 22.3 Å². The zero-order chi connectivity index (χ0) is 21.7. The predicted octanol–water partition coefficient (Wildman–Crippen LogP) is 4.06. The summed E-state index contributed by atoms with van der Waals surface area (Å²) in [5.41, 5.74) is 2.73. The van der Waals surface area contributed by atoms with Crippen LogP contribution in [0.5, 0.6) is 0 Å². The van der Waals surface area contributed by atoms with Gasteiger partial charge in [0.1, 0.15) is 0 Å². The molecule has 0 bridgehead atoms. The molecular formula is C22H20N2O6. The van der Waals surface area contributed by atoms with E-state index in [1.54, 1.807) is 48.5 Å². The van der Waals surface area contributed by atoms with Gasteiger partial charge in [-0.2, -0.15) is 0 Å². The van der Waals surface area contributed by atoms with Crippen molar-refractivity contribution in [2.75, 3.05) is 0 Å². The smallest absolute Gasteiger partial charge is 0.269 e. The monoisotopic (exact) mass is 408 g/mol. The van der Waals surface area contributed by atoms with Gasteiger partial charge in [0.15, 0.2) is 0 Å². The molecule has 3 aromatic rings. The highest BCUT2D eigenvalue weighted by atomic mass is 16.6. The highest BCUT2D eigenvalue weighted by molar-refractivity contribution is 5.36. The van der Waals surface area contributed by atoms with E-state index in [0.717, 1.165) is 11.1 Å². The van der Waals surface area contributed by atoms with E-state index in [0.29, 0.717) is 11.1 Å². The Morgan fingerprint density at radius 3 is 1.37 bits per heavy atom. The van der Waals surface area contributed by atoms with Crippen LogP contribution < -0.4 is 0 Å². The molecule has 3 aromatic carbocycles. The number of aliphatic hydroxyl groups excluding tert-OH is 2. The number of non-ortho nitro benzene ring substituents is 2. The summed E-state index contributed by atoms with van der Waals surface area (Å²) in [6.45, 7) is 0. The molecular weight excluding hydrogens is 388 g/mol. The topological polar surface area (TPSA) is 127 Å². The fourth-order valence-electron chi connectivity index (χ4n) is 3.16. The van der Waals surface area contributed by atoms with E-state index in [-0.39, 0.29) is 24.2 Å². The van der Waals surface area contributed by atoms with Gasteiger partial charge in [0.2, 0.25) is 0 Å². The van der Waals surface area contributed by atoms with Crippen LogP contribution in [0.15, 0.2) is 72.8 Å². The summed E-state index contributed by atoms with van der Waals surface area (Å²) in [6, 6.07) is 19.0. The second kappa shape index (κ2) is 9.25. The quantitative estimate of drug-likeness (QED) is 0.427. The number of nitro benzene ring substituents is 2. The summed E-state index contributed by atoms with van der Waals surface area (Å²) in [5, 5.41) is 42.6. The first-order valence-electron chi connectivity index (χ1n) is 9.26. The molecule has 2 unspecified atom stereocenters. The number of rotatable bonds is 8. The second-order valence-corrected chi connectivity index (χ2v) is 6.96. The van der Waals surface area contributed by atoms with Crippen LogP contribution >= 0.6 is 0 Å². The van der Waals surface area contributed by atoms with Crippen LogP contribution in [-0.2, 0) is 12.8 Å². The molecule has 0 amide bonds. The minimum Gasteiger partial charge on any atom is -0.388 e. The molecule has 2 N–H and O–H groups in total. The van der Waals surface area contributed by atoms with Crippen LogP contribution in [0.3, 0.4) is 0 Å². The van der Waals surface area contributed by atoms with E-state index in [9.17, 15) is 30.4 Å². The third-order valence-electron chi connectivity index (χ3n) is 4.83. The van der Waals surface area contributed by atoms with Gasteiger partial charge in [-0.25, -0.2) is 0 Å². The average Bonchev–Trinajstić information content (AvgIpc) is 2.74. The third kappa shape index (κ3) is 5.25. The molecule has 2 atom stereocenters. The second-order valence-electron chi connectivity index (χ2n) is 6.96. The van der Waals surface area contributed by atoms with Gasteiger partial charge < -0.3 is 10.2 Å². The first-order valence-corrected chi connectivity index (χ1v) is 9.26. The van der Waals surface area contributed by atoms with E-state index in [1.807, 2.05) is 0 Å². The van der Waals surface area contributed by atoms with Crippen molar-refractivity contribution in [3.63, 3.8) is 0 Å². The lowest BCUT2D eigenvalue weighted by Crippen LogP contribution is -2.06. The lowest BCUT2D eigenvalue weighted by atomic mass is 9.96. The van der Waals surface area contributed by atoms with Gasteiger partial charge in [0.05, 0.1) is 22.1 Å². The fraction of sp³-hybridized carbons (Fsp3) is 0.182. The fourth-order valence-corrected chi connectivity index (χ4v) is 3.16. The van der Waals surface area contributed by atoms with Crippen molar-refractivity contribution >= 4 is 11.4 Å². The largest absolute Gasteiger partial charge is 0.388 e. The number of hydrogen-bond acceptors (Lipinski definition) is 6. The van der Waals surface area contributed by atoms with Crippen molar-refractivity contribution < 1.29 is 20.1 Å². The highest BCUT2D eigenvalue weighted by Crippen LogP contribution is 2.25. The molecule has 154 valence electrons. The molecule has 0 fully saturated rings. The molecule has 8 heteroatoms. The summed E-state index contributed by atoms with van der Waals surface area (Å²) in [4.78, 5) is 20.5. The Morgan fingerprint density at radius 1 is 0.667 bits per heavy atom. The number of nitro groups is 2. The van der Waals surface area contributed by atoms with Gasteiger partial charge >= 0.3 is 0 Å². The Hall–Kier alpha value is -3.62.